The van der Waals surface area contributed by atoms with Crippen LogP contribution in [-0.2, 0) is 11.3 Å². The van der Waals surface area contributed by atoms with Crippen molar-refractivity contribution in [3.63, 3.8) is 0 Å². The Morgan fingerprint density at radius 2 is 2.12 bits per heavy atom. The van der Waals surface area contributed by atoms with E-state index in [4.69, 9.17) is 9.47 Å². The van der Waals surface area contributed by atoms with Crippen LogP contribution in [0.25, 0.3) is 0 Å². The van der Waals surface area contributed by atoms with E-state index in [0.29, 0.717) is 13.0 Å². The zero-order chi connectivity index (χ0) is 17.6. The van der Waals surface area contributed by atoms with Gasteiger partial charge in [-0.1, -0.05) is 12.1 Å². The minimum absolute atomic E-state index is 0.0218. The predicted octanol–water partition coefficient (Wildman–Crippen LogP) is 1.32. The van der Waals surface area contributed by atoms with Gasteiger partial charge in [0.15, 0.2) is 0 Å². The average Bonchev–Trinajstić information content (AvgIpc) is 3.16. The number of hydrazine groups is 1. The number of methoxy groups -OCH3 is 2. The SMILES string of the molecule is COc1ccc(C2CC(C(=O)NCc3ccccn3)NN2)c(OC)c1. The molecule has 1 aliphatic heterocycles. The van der Waals surface area contributed by atoms with Gasteiger partial charge in [-0.15, -0.1) is 0 Å². The quantitative estimate of drug-likeness (QED) is 0.734. The molecule has 0 saturated carbocycles. The van der Waals surface area contributed by atoms with Crippen molar-refractivity contribution >= 4 is 5.91 Å². The first kappa shape index (κ1) is 17.2. The number of nitrogens with zero attached hydrogens (tertiary/aromatic N) is 1. The van der Waals surface area contributed by atoms with E-state index in [1.54, 1.807) is 20.4 Å². The van der Waals surface area contributed by atoms with Crippen LogP contribution in [0.5, 0.6) is 11.5 Å². The minimum Gasteiger partial charge on any atom is -0.497 e. The second kappa shape index (κ2) is 7.96. The zero-order valence-corrected chi connectivity index (χ0v) is 14.3. The highest BCUT2D eigenvalue weighted by Crippen LogP contribution is 2.33. The molecule has 25 heavy (non-hydrogen) atoms. The summed E-state index contributed by atoms with van der Waals surface area (Å²) in [5.74, 6) is 1.40. The number of carbonyl (C=O) groups is 1. The number of carbonyl (C=O) groups excluding carboxylic acids is 1. The highest BCUT2D eigenvalue weighted by molar-refractivity contribution is 5.82. The van der Waals surface area contributed by atoms with Gasteiger partial charge in [0, 0.05) is 17.8 Å². The fourth-order valence-electron chi connectivity index (χ4n) is 2.84. The first-order valence-electron chi connectivity index (χ1n) is 8.12. The van der Waals surface area contributed by atoms with Crippen molar-refractivity contribution in [1.82, 2.24) is 21.2 Å². The molecular formula is C18H22N4O3. The van der Waals surface area contributed by atoms with Crippen LogP contribution >= 0.6 is 0 Å². The lowest BCUT2D eigenvalue weighted by molar-refractivity contribution is -0.123. The van der Waals surface area contributed by atoms with Crippen LogP contribution < -0.4 is 25.6 Å². The lowest BCUT2D eigenvalue weighted by atomic mass is 10.0. The highest BCUT2D eigenvalue weighted by Gasteiger charge is 2.31. The lowest BCUT2D eigenvalue weighted by Crippen LogP contribution is -2.42. The normalized spacial score (nSPS) is 19.4. The summed E-state index contributed by atoms with van der Waals surface area (Å²) in [5.41, 5.74) is 8.03. The molecule has 1 aromatic carbocycles. The highest BCUT2D eigenvalue weighted by atomic mass is 16.5. The van der Waals surface area contributed by atoms with Crippen LogP contribution in [0.2, 0.25) is 0 Å². The van der Waals surface area contributed by atoms with Crippen molar-refractivity contribution in [2.75, 3.05) is 14.2 Å². The number of ether oxygens (including phenoxy) is 2. The molecule has 132 valence electrons. The maximum atomic E-state index is 12.4. The number of hydrogen-bond acceptors (Lipinski definition) is 6. The van der Waals surface area contributed by atoms with Gasteiger partial charge in [0.25, 0.3) is 0 Å². The molecule has 2 unspecified atom stereocenters. The summed E-state index contributed by atoms with van der Waals surface area (Å²) in [7, 11) is 3.24. The second-order valence-electron chi connectivity index (χ2n) is 5.78. The molecule has 0 bridgehead atoms. The summed E-state index contributed by atoms with van der Waals surface area (Å²) < 4.78 is 10.7. The Morgan fingerprint density at radius 1 is 1.24 bits per heavy atom. The number of nitrogens with one attached hydrogen (secondary N) is 3. The number of aromatic nitrogens is 1. The second-order valence-corrected chi connectivity index (χ2v) is 5.78. The fraction of sp³-hybridized carbons (Fsp3) is 0.333. The summed E-state index contributed by atoms with van der Waals surface area (Å²) in [5, 5.41) is 2.90. The molecule has 2 atom stereocenters. The maximum absolute atomic E-state index is 12.4. The summed E-state index contributed by atoms with van der Waals surface area (Å²) in [4.78, 5) is 16.6. The molecule has 0 spiro atoms. The number of amides is 1. The largest absolute Gasteiger partial charge is 0.497 e. The summed E-state index contributed by atoms with van der Waals surface area (Å²) in [6, 6.07) is 11.0. The molecule has 1 aliphatic rings. The number of benzene rings is 1. The van der Waals surface area contributed by atoms with Crippen LogP contribution in [0.1, 0.15) is 23.7 Å². The van der Waals surface area contributed by atoms with E-state index in [9.17, 15) is 4.79 Å². The van der Waals surface area contributed by atoms with E-state index in [1.807, 2.05) is 36.4 Å². The number of pyridine rings is 1. The molecular weight excluding hydrogens is 320 g/mol. The fourth-order valence-corrected chi connectivity index (χ4v) is 2.84. The Balaban J connectivity index is 1.60. The molecule has 0 radical (unpaired) electrons. The Kier molecular flexibility index (Phi) is 5.47. The molecule has 3 N–H and O–H groups in total. The molecule has 1 saturated heterocycles. The first-order valence-corrected chi connectivity index (χ1v) is 8.12. The Hall–Kier alpha value is -2.64. The minimum atomic E-state index is -0.319. The summed E-state index contributed by atoms with van der Waals surface area (Å²) in [6.07, 6.45) is 2.33. The van der Waals surface area contributed by atoms with E-state index >= 15 is 0 Å². The van der Waals surface area contributed by atoms with Gasteiger partial charge in [-0.2, -0.15) is 0 Å². The van der Waals surface area contributed by atoms with Crippen LogP contribution in [0.3, 0.4) is 0 Å². The first-order chi connectivity index (χ1) is 12.2. The van der Waals surface area contributed by atoms with E-state index in [-0.39, 0.29) is 18.0 Å². The van der Waals surface area contributed by atoms with Gasteiger partial charge >= 0.3 is 0 Å². The topological polar surface area (TPSA) is 84.5 Å². The summed E-state index contributed by atoms with van der Waals surface area (Å²) in [6.45, 7) is 0.411. The van der Waals surface area contributed by atoms with Gasteiger partial charge < -0.3 is 14.8 Å². The van der Waals surface area contributed by atoms with Gasteiger partial charge in [0.2, 0.25) is 5.91 Å². The molecule has 1 fully saturated rings. The number of rotatable bonds is 6. The monoisotopic (exact) mass is 342 g/mol. The lowest BCUT2D eigenvalue weighted by Gasteiger charge is -2.15. The van der Waals surface area contributed by atoms with Crippen molar-refractivity contribution < 1.29 is 14.3 Å². The zero-order valence-electron chi connectivity index (χ0n) is 14.3. The molecule has 2 aromatic rings. The standard InChI is InChI=1S/C18H22N4O3/c1-24-13-6-7-14(17(9-13)25-2)15-10-16(22-21-15)18(23)20-11-12-5-3-4-8-19-12/h3-9,15-16,21-22H,10-11H2,1-2H3,(H,20,23). The third-order valence-corrected chi connectivity index (χ3v) is 4.21. The van der Waals surface area contributed by atoms with Crippen LogP contribution in [0, 0.1) is 0 Å². The van der Waals surface area contributed by atoms with Crippen molar-refractivity contribution in [3.05, 3.63) is 53.9 Å². The third-order valence-electron chi connectivity index (χ3n) is 4.21. The van der Waals surface area contributed by atoms with Gasteiger partial charge in [-0.3, -0.25) is 9.78 Å². The van der Waals surface area contributed by atoms with Gasteiger partial charge in [0.1, 0.15) is 17.5 Å². The van der Waals surface area contributed by atoms with E-state index in [2.05, 4.69) is 21.2 Å². The van der Waals surface area contributed by atoms with Crippen molar-refractivity contribution in [2.24, 2.45) is 0 Å². The van der Waals surface area contributed by atoms with Gasteiger partial charge in [-0.05, 0) is 24.6 Å². The molecule has 3 rings (SSSR count). The Bertz CT molecular complexity index is 724. The van der Waals surface area contributed by atoms with E-state index in [0.717, 1.165) is 22.8 Å². The van der Waals surface area contributed by atoms with Crippen LogP contribution in [-0.4, -0.2) is 31.2 Å². The van der Waals surface area contributed by atoms with E-state index in [1.165, 1.54) is 0 Å². The molecule has 0 aliphatic carbocycles. The predicted molar refractivity (Wildman–Crippen MR) is 93.0 cm³/mol. The van der Waals surface area contributed by atoms with E-state index < -0.39 is 0 Å². The van der Waals surface area contributed by atoms with Crippen LogP contribution in [0.15, 0.2) is 42.6 Å². The van der Waals surface area contributed by atoms with Crippen molar-refractivity contribution in [1.29, 1.82) is 0 Å². The van der Waals surface area contributed by atoms with Crippen LogP contribution in [0.4, 0.5) is 0 Å². The summed E-state index contributed by atoms with van der Waals surface area (Å²) >= 11 is 0. The van der Waals surface area contributed by atoms with Crippen molar-refractivity contribution in [3.8, 4) is 11.5 Å². The molecule has 7 heteroatoms. The van der Waals surface area contributed by atoms with Gasteiger partial charge in [0.05, 0.1) is 32.5 Å². The molecule has 2 heterocycles. The molecule has 1 aromatic heterocycles. The average molecular weight is 342 g/mol. The third kappa shape index (κ3) is 4.07. The smallest absolute Gasteiger partial charge is 0.238 e. The number of hydrogen-bond donors (Lipinski definition) is 3. The Morgan fingerprint density at radius 3 is 2.84 bits per heavy atom. The molecule has 7 nitrogen and oxygen atoms in total. The maximum Gasteiger partial charge on any atom is 0.238 e. The Labute approximate surface area is 146 Å². The van der Waals surface area contributed by atoms with Crippen molar-refractivity contribution in [2.45, 2.75) is 25.0 Å². The molecule has 1 amide bonds. The van der Waals surface area contributed by atoms with Gasteiger partial charge in [-0.25, -0.2) is 10.9 Å².